The molecule has 4 aromatic rings. The molecule has 6 heterocycles. The Morgan fingerprint density at radius 3 is 2.71 bits per heavy atom. The van der Waals surface area contributed by atoms with Crippen molar-refractivity contribution in [3.63, 3.8) is 0 Å². The molecule has 2 saturated heterocycles. The van der Waals surface area contributed by atoms with Gasteiger partial charge in [-0.15, -0.1) is 0 Å². The Morgan fingerprint density at radius 1 is 1.09 bits per heavy atom. The number of nitrogens with one attached hydrogen (secondary N) is 2. The highest BCUT2D eigenvalue weighted by Gasteiger charge is 2.33. The summed E-state index contributed by atoms with van der Waals surface area (Å²) in [5.41, 5.74) is 3.72. The maximum absolute atomic E-state index is 11.6. The number of anilines is 2. The third-order valence-electron chi connectivity index (χ3n) is 6.49. The summed E-state index contributed by atoms with van der Waals surface area (Å²) in [6.45, 7) is 3.45. The number of ether oxygens (including phenoxy) is 2. The molecule has 2 fully saturated rings. The van der Waals surface area contributed by atoms with Crippen LogP contribution in [0.2, 0.25) is 0 Å². The second kappa shape index (κ2) is 8.79. The minimum atomic E-state index is -0.165. The monoisotopic (exact) mass is 473 g/mol. The van der Waals surface area contributed by atoms with Crippen LogP contribution in [0.25, 0.3) is 16.6 Å². The molecular weight excluding hydrogens is 446 g/mol. The van der Waals surface area contributed by atoms with Crippen LogP contribution in [-0.2, 0) is 11.8 Å². The van der Waals surface area contributed by atoms with Gasteiger partial charge in [-0.05, 0) is 36.8 Å². The zero-order chi connectivity index (χ0) is 23.9. The molecule has 2 aliphatic heterocycles. The van der Waals surface area contributed by atoms with E-state index in [0.717, 1.165) is 54.1 Å². The van der Waals surface area contributed by atoms with Crippen molar-refractivity contribution in [1.82, 2.24) is 29.7 Å². The predicted octanol–water partition coefficient (Wildman–Crippen LogP) is 2.44. The lowest BCUT2D eigenvalue weighted by Crippen LogP contribution is -2.56. The summed E-state index contributed by atoms with van der Waals surface area (Å²) in [6, 6.07) is 11.9. The van der Waals surface area contributed by atoms with Gasteiger partial charge in [0, 0.05) is 61.6 Å². The third-order valence-corrected chi connectivity index (χ3v) is 6.49. The quantitative estimate of drug-likeness (QED) is 0.455. The summed E-state index contributed by atoms with van der Waals surface area (Å²) < 4.78 is 15.3. The van der Waals surface area contributed by atoms with Crippen molar-refractivity contribution >= 4 is 17.2 Å². The second-order valence-electron chi connectivity index (χ2n) is 9.25. The van der Waals surface area contributed by atoms with Crippen LogP contribution < -0.4 is 20.9 Å². The largest absolute Gasteiger partial charge is 0.488 e. The highest BCUT2D eigenvalue weighted by Crippen LogP contribution is 2.34. The van der Waals surface area contributed by atoms with Crippen LogP contribution in [0.4, 0.5) is 11.6 Å². The van der Waals surface area contributed by atoms with Crippen molar-refractivity contribution in [2.75, 3.05) is 18.5 Å². The van der Waals surface area contributed by atoms with Crippen LogP contribution in [0.1, 0.15) is 18.5 Å². The summed E-state index contributed by atoms with van der Waals surface area (Å²) in [6.07, 6.45) is 5.72. The molecule has 3 atom stereocenters. The minimum absolute atomic E-state index is 0.127. The third kappa shape index (κ3) is 4.50. The molecule has 4 aromatic heterocycles. The van der Waals surface area contributed by atoms with E-state index in [0.29, 0.717) is 23.7 Å². The molecule has 1 unspecified atom stereocenters. The van der Waals surface area contributed by atoms with Gasteiger partial charge in [0.05, 0.1) is 24.9 Å². The van der Waals surface area contributed by atoms with E-state index in [4.69, 9.17) is 9.47 Å². The van der Waals surface area contributed by atoms with Crippen LogP contribution in [0.15, 0.2) is 53.6 Å². The molecule has 0 radical (unpaired) electrons. The van der Waals surface area contributed by atoms with E-state index >= 15 is 0 Å². The van der Waals surface area contributed by atoms with Gasteiger partial charge in [0.15, 0.2) is 11.6 Å². The molecular formula is C25H27N7O3. The van der Waals surface area contributed by atoms with Gasteiger partial charge < -0.3 is 20.1 Å². The van der Waals surface area contributed by atoms with E-state index in [1.54, 1.807) is 17.6 Å². The van der Waals surface area contributed by atoms with Crippen LogP contribution in [-0.4, -0.2) is 55.8 Å². The molecule has 180 valence electrons. The number of pyridine rings is 2. The van der Waals surface area contributed by atoms with Crippen molar-refractivity contribution in [1.29, 1.82) is 0 Å². The molecule has 0 amide bonds. The number of morpholine rings is 1. The average Bonchev–Trinajstić information content (AvgIpc) is 3.24. The zero-order valence-electron chi connectivity index (χ0n) is 19.6. The van der Waals surface area contributed by atoms with Gasteiger partial charge in [0.1, 0.15) is 11.9 Å². The predicted molar refractivity (Wildman–Crippen MR) is 131 cm³/mol. The molecule has 35 heavy (non-hydrogen) atoms. The van der Waals surface area contributed by atoms with Crippen molar-refractivity contribution < 1.29 is 9.47 Å². The molecule has 0 aliphatic carbocycles. The Bertz CT molecular complexity index is 1430. The summed E-state index contributed by atoms with van der Waals surface area (Å²) in [7, 11) is 1.61. The van der Waals surface area contributed by atoms with Crippen molar-refractivity contribution in [2.45, 2.75) is 38.0 Å². The van der Waals surface area contributed by atoms with E-state index in [9.17, 15) is 4.79 Å². The molecule has 0 saturated carbocycles. The highest BCUT2D eigenvalue weighted by atomic mass is 16.5. The second-order valence-corrected chi connectivity index (χ2v) is 9.25. The van der Waals surface area contributed by atoms with E-state index < -0.39 is 0 Å². The van der Waals surface area contributed by atoms with Crippen LogP contribution >= 0.6 is 0 Å². The maximum atomic E-state index is 11.6. The Balaban J connectivity index is 1.28. The lowest BCUT2D eigenvalue weighted by molar-refractivity contribution is -0.0122. The Hall–Kier alpha value is -3.76. The summed E-state index contributed by atoms with van der Waals surface area (Å²) in [5.74, 6) is 1.98. The summed E-state index contributed by atoms with van der Waals surface area (Å²) >= 11 is 0. The molecule has 6 rings (SSSR count). The first-order chi connectivity index (χ1) is 17.0. The van der Waals surface area contributed by atoms with Gasteiger partial charge in [-0.3, -0.25) is 9.78 Å². The van der Waals surface area contributed by atoms with Crippen molar-refractivity contribution in [2.24, 2.45) is 7.05 Å². The molecule has 10 heteroatoms. The number of hydrogen-bond acceptors (Lipinski definition) is 8. The van der Waals surface area contributed by atoms with Gasteiger partial charge in [0.2, 0.25) is 0 Å². The van der Waals surface area contributed by atoms with Gasteiger partial charge in [-0.25, -0.2) is 9.20 Å². The van der Waals surface area contributed by atoms with Gasteiger partial charge >= 0.3 is 0 Å². The number of rotatable bonds is 5. The number of aryl methyl sites for hydroxylation is 2. The van der Waals surface area contributed by atoms with Crippen LogP contribution in [0, 0.1) is 6.92 Å². The topological polar surface area (TPSA) is 108 Å². The maximum Gasteiger partial charge on any atom is 0.266 e. The van der Waals surface area contributed by atoms with Gasteiger partial charge in [-0.1, -0.05) is 0 Å². The van der Waals surface area contributed by atoms with E-state index in [2.05, 4.69) is 37.9 Å². The normalized spacial score (nSPS) is 21.7. The lowest BCUT2D eigenvalue weighted by Gasteiger charge is -2.40. The average molecular weight is 474 g/mol. The minimum Gasteiger partial charge on any atom is -0.488 e. The molecule has 2 N–H and O–H groups in total. The van der Waals surface area contributed by atoms with E-state index in [1.165, 1.54) is 10.7 Å². The first kappa shape index (κ1) is 21.8. The zero-order valence-corrected chi connectivity index (χ0v) is 19.6. The number of aromatic nitrogens is 5. The Labute approximate surface area is 201 Å². The number of hydrogen-bond donors (Lipinski definition) is 2. The number of nitrogens with zero attached hydrogens (tertiary/aromatic N) is 5. The fraction of sp³-hybridized carbons (Fsp3) is 0.360. The highest BCUT2D eigenvalue weighted by molar-refractivity contribution is 5.75. The number of fused-ring (bicyclic) bond motifs is 3. The van der Waals surface area contributed by atoms with Gasteiger partial charge in [0.25, 0.3) is 5.56 Å². The fourth-order valence-corrected chi connectivity index (χ4v) is 4.85. The molecule has 10 nitrogen and oxygen atoms in total. The molecule has 0 aromatic carbocycles. The Morgan fingerprint density at radius 2 is 1.91 bits per heavy atom. The molecule has 2 aliphatic rings. The first-order valence-electron chi connectivity index (χ1n) is 11.8. The lowest BCUT2D eigenvalue weighted by atomic mass is 9.94. The number of piperidine rings is 1. The van der Waals surface area contributed by atoms with Crippen molar-refractivity contribution in [3.8, 4) is 16.9 Å². The Kier molecular flexibility index (Phi) is 5.46. The molecule has 2 bridgehead atoms. The van der Waals surface area contributed by atoms with Gasteiger partial charge in [-0.2, -0.15) is 10.2 Å². The first-order valence-corrected chi connectivity index (χ1v) is 11.8. The van der Waals surface area contributed by atoms with Crippen molar-refractivity contribution in [3.05, 3.63) is 64.8 Å². The van der Waals surface area contributed by atoms with E-state index in [-0.39, 0.29) is 11.7 Å². The molecule has 0 spiro atoms. The SMILES string of the molecule is Cc1cc(-c2ccn3nc(Nc4ccc(=O)n(C)n4)cc3c2)c(OC2C[C@H]3COC[C@@H](C2)N3)cn1. The standard InChI is InChI=1S/C25H27N7O3/c1-15-7-21(22(12-26-15)35-20-9-17-13-34-14-18(10-20)27-17)16-5-6-32-19(8-16)11-24(30-32)28-23-3-4-25(33)31(2)29-23/h3-8,11-12,17-18,20,27H,9-10,13-14H2,1-2H3,(H,28,29,30)/t17-,18+,20?. The smallest absolute Gasteiger partial charge is 0.266 e. The fourth-order valence-electron chi connectivity index (χ4n) is 4.85. The summed E-state index contributed by atoms with van der Waals surface area (Å²) in [4.78, 5) is 16.1. The van der Waals surface area contributed by atoms with E-state index in [1.807, 2.05) is 31.5 Å². The summed E-state index contributed by atoms with van der Waals surface area (Å²) in [5, 5.41) is 15.6. The van der Waals surface area contributed by atoms with Crippen LogP contribution in [0.3, 0.4) is 0 Å². The van der Waals surface area contributed by atoms with Crippen LogP contribution in [0.5, 0.6) is 5.75 Å².